The standard InChI is InChI=1S/C15H23N/c1-4-6-10-13(3)16-15(5-2)14-11-8-7-9-12-14/h4,7-9,11-13,15-16H,1,5-6,10H2,2-3H3. The van der Waals surface area contributed by atoms with Crippen molar-refractivity contribution in [2.75, 3.05) is 0 Å². The summed E-state index contributed by atoms with van der Waals surface area (Å²) in [6, 6.07) is 11.7. The summed E-state index contributed by atoms with van der Waals surface area (Å²) in [7, 11) is 0. The normalized spacial score (nSPS) is 14.4. The van der Waals surface area contributed by atoms with Gasteiger partial charge in [0.2, 0.25) is 0 Å². The molecule has 0 radical (unpaired) electrons. The van der Waals surface area contributed by atoms with Crippen LogP contribution in [-0.4, -0.2) is 6.04 Å². The van der Waals surface area contributed by atoms with Gasteiger partial charge in [0.15, 0.2) is 0 Å². The molecule has 1 heteroatoms. The molecule has 0 aliphatic heterocycles. The van der Waals surface area contributed by atoms with Crippen LogP contribution in [0.2, 0.25) is 0 Å². The zero-order valence-corrected chi connectivity index (χ0v) is 10.4. The zero-order valence-electron chi connectivity index (χ0n) is 10.4. The van der Waals surface area contributed by atoms with Gasteiger partial charge in [0.05, 0.1) is 0 Å². The molecular weight excluding hydrogens is 194 g/mol. The molecule has 0 saturated carbocycles. The van der Waals surface area contributed by atoms with Crippen molar-refractivity contribution in [2.24, 2.45) is 0 Å². The summed E-state index contributed by atoms with van der Waals surface area (Å²) in [5.74, 6) is 0. The second-order valence-corrected chi connectivity index (χ2v) is 4.31. The predicted molar refractivity (Wildman–Crippen MR) is 71.5 cm³/mol. The van der Waals surface area contributed by atoms with Crippen molar-refractivity contribution >= 4 is 0 Å². The number of nitrogens with one attached hydrogen (secondary N) is 1. The Balaban J connectivity index is 2.52. The molecule has 2 unspecified atom stereocenters. The molecule has 0 amide bonds. The first-order valence-electron chi connectivity index (χ1n) is 6.19. The summed E-state index contributed by atoms with van der Waals surface area (Å²) < 4.78 is 0. The number of hydrogen-bond acceptors (Lipinski definition) is 1. The summed E-state index contributed by atoms with van der Waals surface area (Å²) in [5, 5.41) is 3.67. The highest BCUT2D eigenvalue weighted by Crippen LogP contribution is 2.17. The maximum Gasteiger partial charge on any atom is 0.0319 e. The van der Waals surface area contributed by atoms with Gasteiger partial charge in [-0.15, -0.1) is 6.58 Å². The number of hydrogen-bond donors (Lipinski definition) is 1. The molecule has 2 atom stereocenters. The topological polar surface area (TPSA) is 12.0 Å². The van der Waals surface area contributed by atoms with Crippen molar-refractivity contribution in [1.82, 2.24) is 5.32 Å². The second-order valence-electron chi connectivity index (χ2n) is 4.31. The minimum Gasteiger partial charge on any atom is -0.307 e. The molecule has 0 spiro atoms. The van der Waals surface area contributed by atoms with E-state index in [1.54, 1.807) is 0 Å². The summed E-state index contributed by atoms with van der Waals surface area (Å²) >= 11 is 0. The molecule has 0 aromatic heterocycles. The molecule has 0 aliphatic carbocycles. The van der Waals surface area contributed by atoms with Gasteiger partial charge in [0, 0.05) is 12.1 Å². The fourth-order valence-electron chi connectivity index (χ4n) is 1.93. The first-order valence-corrected chi connectivity index (χ1v) is 6.19. The molecule has 16 heavy (non-hydrogen) atoms. The Morgan fingerprint density at radius 3 is 2.56 bits per heavy atom. The lowest BCUT2D eigenvalue weighted by Crippen LogP contribution is -2.30. The van der Waals surface area contributed by atoms with Gasteiger partial charge >= 0.3 is 0 Å². The van der Waals surface area contributed by atoms with E-state index in [1.165, 1.54) is 5.56 Å². The summed E-state index contributed by atoms with van der Waals surface area (Å²) in [4.78, 5) is 0. The third kappa shape index (κ3) is 4.19. The molecule has 1 nitrogen and oxygen atoms in total. The van der Waals surface area contributed by atoms with Gasteiger partial charge in [-0.2, -0.15) is 0 Å². The third-order valence-electron chi connectivity index (χ3n) is 2.90. The van der Waals surface area contributed by atoms with E-state index in [0.717, 1.165) is 19.3 Å². The molecular formula is C15H23N. The number of rotatable bonds is 7. The fourth-order valence-corrected chi connectivity index (χ4v) is 1.93. The molecule has 1 rings (SSSR count). The van der Waals surface area contributed by atoms with Crippen LogP contribution in [0.3, 0.4) is 0 Å². The van der Waals surface area contributed by atoms with Crippen LogP contribution in [0.4, 0.5) is 0 Å². The van der Waals surface area contributed by atoms with Gasteiger partial charge in [0.25, 0.3) is 0 Å². The monoisotopic (exact) mass is 217 g/mol. The minimum absolute atomic E-state index is 0.473. The molecule has 1 N–H and O–H groups in total. The molecule has 1 aromatic carbocycles. The van der Waals surface area contributed by atoms with Crippen LogP contribution in [0, 0.1) is 0 Å². The third-order valence-corrected chi connectivity index (χ3v) is 2.90. The Labute approximate surface area is 99.6 Å². The van der Waals surface area contributed by atoms with Gasteiger partial charge in [-0.1, -0.05) is 43.3 Å². The Hall–Kier alpha value is -1.08. The van der Waals surface area contributed by atoms with Crippen LogP contribution >= 0.6 is 0 Å². The largest absolute Gasteiger partial charge is 0.307 e. The fraction of sp³-hybridized carbons (Fsp3) is 0.467. The number of allylic oxidation sites excluding steroid dienone is 1. The summed E-state index contributed by atoms with van der Waals surface area (Å²) in [6.07, 6.45) is 5.36. The quantitative estimate of drug-likeness (QED) is 0.678. The van der Waals surface area contributed by atoms with Crippen molar-refractivity contribution in [3.05, 3.63) is 48.6 Å². The van der Waals surface area contributed by atoms with E-state index in [9.17, 15) is 0 Å². The molecule has 0 saturated heterocycles. The average molecular weight is 217 g/mol. The smallest absolute Gasteiger partial charge is 0.0319 e. The van der Waals surface area contributed by atoms with Gasteiger partial charge < -0.3 is 5.32 Å². The van der Waals surface area contributed by atoms with E-state index in [-0.39, 0.29) is 0 Å². The first-order chi connectivity index (χ1) is 7.77. The van der Waals surface area contributed by atoms with E-state index in [0.29, 0.717) is 12.1 Å². The zero-order chi connectivity index (χ0) is 11.8. The maximum absolute atomic E-state index is 3.76. The van der Waals surface area contributed by atoms with E-state index in [1.807, 2.05) is 6.08 Å². The molecule has 1 aromatic rings. The van der Waals surface area contributed by atoms with Crippen molar-refractivity contribution in [3.63, 3.8) is 0 Å². The highest BCUT2D eigenvalue weighted by molar-refractivity contribution is 5.18. The van der Waals surface area contributed by atoms with E-state index < -0.39 is 0 Å². The van der Waals surface area contributed by atoms with Crippen LogP contribution in [0.1, 0.15) is 44.7 Å². The van der Waals surface area contributed by atoms with Gasteiger partial charge in [0.1, 0.15) is 0 Å². The Kier molecular flexibility index (Phi) is 5.87. The van der Waals surface area contributed by atoms with Gasteiger partial charge in [-0.05, 0) is 31.7 Å². The Bertz CT molecular complexity index is 292. The lowest BCUT2D eigenvalue weighted by Gasteiger charge is -2.22. The molecule has 88 valence electrons. The molecule has 0 aliphatic rings. The van der Waals surface area contributed by atoms with Crippen molar-refractivity contribution in [2.45, 2.75) is 45.2 Å². The SMILES string of the molecule is C=CCCC(C)NC(CC)c1ccccc1. The number of benzene rings is 1. The van der Waals surface area contributed by atoms with Crippen LogP contribution in [-0.2, 0) is 0 Å². The second kappa shape index (κ2) is 7.24. The molecule has 0 heterocycles. The maximum atomic E-state index is 3.76. The lowest BCUT2D eigenvalue weighted by atomic mass is 10.0. The molecule has 0 bridgehead atoms. The van der Waals surface area contributed by atoms with Gasteiger partial charge in [-0.3, -0.25) is 0 Å². The Morgan fingerprint density at radius 2 is 2.00 bits per heavy atom. The average Bonchev–Trinajstić information content (AvgIpc) is 2.34. The van der Waals surface area contributed by atoms with Crippen LogP contribution in [0.15, 0.2) is 43.0 Å². The van der Waals surface area contributed by atoms with E-state index in [4.69, 9.17) is 0 Å². The minimum atomic E-state index is 0.473. The summed E-state index contributed by atoms with van der Waals surface area (Å²) in [5.41, 5.74) is 1.38. The molecule has 0 fully saturated rings. The van der Waals surface area contributed by atoms with E-state index >= 15 is 0 Å². The van der Waals surface area contributed by atoms with E-state index in [2.05, 4.69) is 56.1 Å². The van der Waals surface area contributed by atoms with Crippen LogP contribution in [0.25, 0.3) is 0 Å². The predicted octanol–water partition coefficient (Wildman–Crippen LogP) is 4.08. The Morgan fingerprint density at radius 1 is 1.31 bits per heavy atom. The summed E-state index contributed by atoms with van der Waals surface area (Å²) in [6.45, 7) is 8.23. The van der Waals surface area contributed by atoms with Gasteiger partial charge in [-0.25, -0.2) is 0 Å². The van der Waals surface area contributed by atoms with Crippen molar-refractivity contribution in [3.8, 4) is 0 Å². The van der Waals surface area contributed by atoms with Crippen LogP contribution < -0.4 is 5.32 Å². The van der Waals surface area contributed by atoms with Crippen LogP contribution in [0.5, 0.6) is 0 Å². The van der Waals surface area contributed by atoms with Crippen molar-refractivity contribution < 1.29 is 0 Å². The highest BCUT2D eigenvalue weighted by atomic mass is 14.9. The highest BCUT2D eigenvalue weighted by Gasteiger charge is 2.11. The lowest BCUT2D eigenvalue weighted by molar-refractivity contribution is 0.429. The van der Waals surface area contributed by atoms with Crippen molar-refractivity contribution in [1.29, 1.82) is 0 Å². The first kappa shape index (κ1) is 13.0.